The lowest BCUT2D eigenvalue weighted by molar-refractivity contribution is 0.170. The number of hydrogen-bond donors (Lipinski definition) is 0. The highest BCUT2D eigenvalue weighted by molar-refractivity contribution is 5.46. The monoisotopic (exact) mass is 182 g/mol. The second-order valence-electron chi connectivity index (χ2n) is 3.36. The van der Waals surface area contributed by atoms with E-state index in [2.05, 4.69) is 0 Å². The zero-order valence-corrected chi connectivity index (χ0v) is 7.63. The molecule has 2 nitrogen and oxygen atoms in total. The van der Waals surface area contributed by atoms with E-state index in [1.54, 1.807) is 12.1 Å². The molecule has 70 valence electrons. The molecule has 1 aliphatic rings. The molecule has 0 aliphatic carbocycles. The predicted octanol–water partition coefficient (Wildman–Crippen LogP) is 2.68. The van der Waals surface area contributed by atoms with Crippen LogP contribution in [0.5, 0.6) is 11.5 Å². The van der Waals surface area contributed by atoms with E-state index in [0.717, 1.165) is 0 Å². The Morgan fingerprint density at radius 2 is 2.08 bits per heavy atom. The van der Waals surface area contributed by atoms with Gasteiger partial charge in [0.15, 0.2) is 11.6 Å². The van der Waals surface area contributed by atoms with Crippen LogP contribution in [0.3, 0.4) is 0 Å². The van der Waals surface area contributed by atoms with Crippen molar-refractivity contribution in [1.82, 2.24) is 0 Å². The minimum atomic E-state index is -0.287. The lowest BCUT2D eigenvalue weighted by Crippen LogP contribution is -1.96. The summed E-state index contributed by atoms with van der Waals surface area (Å²) in [7, 11) is 0. The minimum absolute atomic E-state index is 0.119. The van der Waals surface area contributed by atoms with E-state index in [0.29, 0.717) is 11.3 Å². The summed E-state index contributed by atoms with van der Waals surface area (Å²) in [4.78, 5) is 0. The molecule has 0 spiro atoms. The van der Waals surface area contributed by atoms with Crippen molar-refractivity contribution in [2.75, 3.05) is 6.79 Å². The van der Waals surface area contributed by atoms with E-state index in [9.17, 15) is 4.39 Å². The topological polar surface area (TPSA) is 18.5 Å². The Balaban J connectivity index is 2.52. The van der Waals surface area contributed by atoms with E-state index in [1.165, 1.54) is 0 Å². The fourth-order valence-electron chi connectivity index (χ4n) is 1.40. The molecular formula is C10H11FO2. The first kappa shape index (κ1) is 8.35. The maximum absolute atomic E-state index is 13.6. The van der Waals surface area contributed by atoms with E-state index in [-0.39, 0.29) is 24.3 Å². The summed E-state index contributed by atoms with van der Waals surface area (Å²) >= 11 is 0. The molecule has 0 atom stereocenters. The average Bonchev–Trinajstić information content (AvgIpc) is 2.52. The third kappa shape index (κ3) is 1.24. The van der Waals surface area contributed by atoms with Gasteiger partial charge in [0.1, 0.15) is 0 Å². The Bertz CT molecular complexity index is 334. The standard InChI is InChI=1S/C10H11FO2/c1-6(2)7-3-4-8-10(9(7)11)13-5-12-8/h3-4,6H,5H2,1-2H3. The van der Waals surface area contributed by atoms with Gasteiger partial charge in [0.05, 0.1) is 0 Å². The molecule has 0 amide bonds. The minimum Gasteiger partial charge on any atom is -0.453 e. The molecule has 1 aliphatic heterocycles. The highest BCUT2D eigenvalue weighted by Gasteiger charge is 2.21. The number of rotatable bonds is 1. The van der Waals surface area contributed by atoms with Gasteiger partial charge in [-0.3, -0.25) is 0 Å². The molecule has 0 saturated heterocycles. The fourth-order valence-corrected chi connectivity index (χ4v) is 1.40. The van der Waals surface area contributed by atoms with Gasteiger partial charge in [-0.2, -0.15) is 0 Å². The quantitative estimate of drug-likeness (QED) is 0.664. The van der Waals surface area contributed by atoms with Crippen LogP contribution in [0.25, 0.3) is 0 Å². The summed E-state index contributed by atoms with van der Waals surface area (Å²) in [5, 5.41) is 0. The van der Waals surface area contributed by atoms with Gasteiger partial charge in [-0.25, -0.2) is 4.39 Å². The van der Waals surface area contributed by atoms with Gasteiger partial charge in [-0.15, -0.1) is 0 Å². The van der Waals surface area contributed by atoms with Gasteiger partial charge in [0.2, 0.25) is 12.5 Å². The third-order valence-corrected chi connectivity index (χ3v) is 2.13. The van der Waals surface area contributed by atoms with Gasteiger partial charge in [0.25, 0.3) is 0 Å². The van der Waals surface area contributed by atoms with Crippen LogP contribution < -0.4 is 9.47 Å². The van der Waals surface area contributed by atoms with E-state index >= 15 is 0 Å². The SMILES string of the molecule is CC(C)c1ccc2c(c1F)OCO2. The Morgan fingerprint density at radius 1 is 1.31 bits per heavy atom. The lowest BCUT2D eigenvalue weighted by atomic mass is 10.0. The second-order valence-corrected chi connectivity index (χ2v) is 3.36. The van der Waals surface area contributed by atoms with Crippen LogP contribution in [-0.4, -0.2) is 6.79 Å². The first-order chi connectivity index (χ1) is 6.20. The van der Waals surface area contributed by atoms with Crippen molar-refractivity contribution >= 4 is 0 Å². The Morgan fingerprint density at radius 3 is 2.77 bits per heavy atom. The zero-order valence-electron chi connectivity index (χ0n) is 7.63. The molecule has 3 heteroatoms. The molecule has 0 fully saturated rings. The molecule has 1 aromatic carbocycles. The second kappa shape index (κ2) is 2.91. The molecule has 1 heterocycles. The molecule has 1 aromatic rings. The van der Waals surface area contributed by atoms with Crippen LogP contribution in [0.1, 0.15) is 25.3 Å². The molecule has 0 radical (unpaired) electrons. The highest BCUT2D eigenvalue weighted by Crippen LogP contribution is 2.38. The molecule has 0 saturated carbocycles. The van der Waals surface area contributed by atoms with Gasteiger partial charge in [-0.05, 0) is 17.5 Å². The summed E-state index contributed by atoms with van der Waals surface area (Å²) in [5.74, 6) is 0.632. The number of hydrogen-bond acceptors (Lipinski definition) is 2. The van der Waals surface area contributed by atoms with Gasteiger partial charge >= 0.3 is 0 Å². The number of halogens is 1. The Labute approximate surface area is 76.3 Å². The van der Waals surface area contributed by atoms with Crippen LogP contribution in [0.15, 0.2) is 12.1 Å². The zero-order chi connectivity index (χ0) is 9.42. The fraction of sp³-hybridized carbons (Fsp3) is 0.400. The van der Waals surface area contributed by atoms with Gasteiger partial charge in [0, 0.05) is 0 Å². The Hall–Kier alpha value is -1.25. The first-order valence-electron chi connectivity index (χ1n) is 4.28. The highest BCUT2D eigenvalue weighted by atomic mass is 19.1. The summed E-state index contributed by atoms with van der Waals surface area (Å²) in [5.41, 5.74) is 0.671. The average molecular weight is 182 g/mol. The summed E-state index contributed by atoms with van der Waals surface area (Å²) in [6, 6.07) is 3.49. The molecule has 13 heavy (non-hydrogen) atoms. The number of ether oxygens (including phenoxy) is 2. The first-order valence-corrected chi connectivity index (χ1v) is 4.28. The summed E-state index contributed by atoms with van der Waals surface area (Å²) < 4.78 is 23.7. The van der Waals surface area contributed by atoms with Crippen LogP contribution in [0.2, 0.25) is 0 Å². The lowest BCUT2D eigenvalue weighted by Gasteiger charge is -2.07. The third-order valence-electron chi connectivity index (χ3n) is 2.13. The normalized spacial score (nSPS) is 13.8. The van der Waals surface area contributed by atoms with Crippen LogP contribution >= 0.6 is 0 Å². The summed E-state index contributed by atoms with van der Waals surface area (Å²) in [6.07, 6.45) is 0. The van der Waals surface area contributed by atoms with Crippen LogP contribution in [-0.2, 0) is 0 Å². The van der Waals surface area contributed by atoms with Crippen LogP contribution in [0, 0.1) is 5.82 Å². The predicted molar refractivity (Wildman–Crippen MR) is 46.6 cm³/mol. The van der Waals surface area contributed by atoms with Crippen molar-refractivity contribution in [1.29, 1.82) is 0 Å². The molecule has 0 unspecified atom stereocenters. The molecule has 0 bridgehead atoms. The van der Waals surface area contributed by atoms with E-state index in [1.807, 2.05) is 13.8 Å². The van der Waals surface area contributed by atoms with E-state index in [4.69, 9.17) is 9.47 Å². The van der Waals surface area contributed by atoms with Crippen molar-refractivity contribution in [3.63, 3.8) is 0 Å². The Kier molecular flexibility index (Phi) is 1.87. The molecule has 2 rings (SSSR count). The van der Waals surface area contributed by atoms with Gasteiger partial charge < -0.3 is 9.47 Å². The van der Waals surface area contributed by atoms with Crippen molar-refractivity contribution in [3.05, 3.63) is 23.5 Å². The van der Waals surface area contributed by atoms with Crippen LogP contribution in [0.4, 0.5) is 4.39 Å². The van der Waals surface area contributed by atoms with Crippen molar-refractivity contribution < 1.29 is 13.9 Å². The smallest absolute Gasteiger partial charge is 0.231 e. The maximum Gasteiger partial charge on any atom is 0.231 e. The molecule has 0 aromatic heterocycles. The number of fused-ring (bicyclic) bond motifs is 1. The largest absolute Gasteiger partial charge is 0.453 e. The van der Waals surface area contributed by atoms with Crippen molar-refractivity contribution in [2.24, 2.45) is 0 Å². The molecular weight excluding hydrogens is 171 g/mol. The number of benzene rings is 1. The maximum atomic E-state index is 13.6. The van der Waals surface area contributed by atoms with Crippen molar-refractivity contribution in [2.45, 2.75) is 19.8 Å². The molecule has 0 N–H and O–H groups in total. The van der Waals surface area contributed by atoms with E-state index < -0.39 is 0 Å². The summed E-state index contributed by atoms with van der Waals surface area (Å²) in [6.45, 7) is 4.01. The van der Waals surface area contributed by atoms with Gasteiger partial charge in [-0.1, -0.05) is 19.9 Å². The van der Waals surface area contributed by atoms with Crippen molar-refractivity contribution in [3.8, 4) is 11.5 Å².